The van der Waals surface area contributed by atoms with Crippen molar-refractivity contribution in [3.8, 4) is 11.4 Å². The Hall–Kier alpha value is -2.77. The molecule has 1 saturated heterocycles. The highest BCUT2D eigenvalue weighted by Gasteiger charge is 2.14. The van der Waals surface area contributed by atoms with Crippen LogP contribution in [-0.4, -0.2) is 41.3 Å². The molecule has 0 atom stereocenters. The maximum Gasteiger partial charge on any atom is 0.260 e. The number of benzene rings is 1. The molecular formula is C19H16N4O2S. The first kappa shape index (κ1) is 15.5. The highest BCUT2D eigenvalue weighted by Crippen LogP contribution is 2.31. The fraction of sp³-hybridized carbons (Fsp3) is 0.211. The SMILES string of the molecule is O=c1[nH]c(-c2ccc(N3CCOCC3)nc2)nc2sc3ccccc3c12. The Labute approximate surface area is 153 Å². The summed E-state index contributed by atoms with van der Waals surface area (Å²) in [7, 11) is 0. The Bertz CT molecular complexity index is 1140. The van der Waals surface area contributed by atoms with Crippen LogP contribution in [0.3, 0.4) is 0 Å². The topological polar surface area (TPSA) is 71.1 Å². The van der Waals surface area contributed by atoms with Crippen molar-refractivity contribution < 1.29 is 4.74 Å². The summed E-state index contributed by atoms with van der Waals surface area (Å²) in [6.45, 7) is 3.13. The van der Waals surface area contributed by atoms with Crippen LogP contribution in [0.2, 0.25) is 0 Å². The molecule has 0 unspecified atom stereocenters. The summed E-state index contributed by atoms with van der Waals surface area (Å²) in [4.78, 5) is 27.7. The van der Waals surface area contributed by atoms with Crippen molar-refractivity contribution >= 4 is 37.5 Å². The predicted molar refractivity (Wildman–Crippen MR) is 104 cm³/mol. The van der Waals surface area contributed by atoms with Crippen LogP contribution in [0, 0.1) is 0 Å². The molecule has 4 heterocycles. The smallest absolute Gasteiger partial charge is 0.260 e. The lowest BCUT2D eigenvalue weighted by molar-refractivity contribution is 0.122. The van der Waals surface area contributed by atoms with Crippen LogP contribution in [0.5, 0.6) is 0 Å². The fourth-order valence-electron chi connectivity index (χ4n) is 3.27. The minimum atomic E-state index is -0.111. The molecule has 3 aromatic heterocycles. The van der Waals surface area contributed by atoms with E-state index in [2.05, 4.69) is 19.9 Å². The van der Waals surface area contributed by atoms with Crippen LogP contribution in [0.4, 0.5) is 5.82 Å². The molecule has 1 fully saturated rings. The van der Waals surface area contributed by atoms with Gasteiger partial charge in [-0.3, -0.25) is 4.79 Å². The average molecular weight is 364 g/mol. The molecule has 0 amide bonds. The first-order valence-corrected chi connectivity index (χ1v) is 9.32. The fourth-order valence-corrected chi connectivity index (χ4v) is 4.35. The zero-order chi connectivity index (χ0) is 17.5. The lowest BCUT2D eigenvalue weighted by Crippen LogP contribution is -2.36. The summed E-state index contributed by atoms with van der Waals surface area (Å²) >= 11 is 1.54. The van der Waals surface area contributed by atoms with Gasteiger partial charge in [-0.25, -0.2) is 9.97 Å². The molecule has 130 valence electrons. The van der Waals surface area contributed by atoms with Gasteiger partial charge in [-0.05, 0) is 18.2 Å². The highest BCUT2D eigenvalue weighted by atomic mass is 32.1. The second-order valence-electron chi connectivity index (χ2n) is 6.20. The molecule has 1 N–H and O–H groups in total. The normalized spacial score (nSPS) is 15.0. The number of ether oxygens (including phenoxy) is 1. The van der Waals surface area contributed by atoms with Crippen LogP contribution in [0.15, 0.2) is 47.4 Å². The molecule has 7 heteroatoms. The molecule has 1 aromatic carbocycles. The molecule has 0 spiro atoms. The summed E-state index contributed by atoms with van der Waals surface area (Å²) in [5.41, 5.74) is 0.693. The van der Waals surface area contributed by atoms with E-state index in [1.807, 2.05) is 36.4 Å². The first-order chi connectivity index (χ1) is 12.8. The Morgan fingerprint density at radius 3 is 2.77 bits per heavy atom. The van der Waals surface area contributed by atoms with E-state index in [9.17, 15) is 4.79 Å². The van der Waals surface area contributed by atoms with E-state index in [-0.39, 0.29) is 5.56 Å². The molecule has 5 rings (SSSR count). The van der Waals surface area contributed by atoms with E-state index in [0.29, 0.717) is 11.2 Å². The quantitative estimate of drug-likeness (QED) is 0.592. The van der Waals surface area contributed by atoms with Crippen molar-refractivity contribution in [3.63, 3.8) is 0 Å². The van der Waals surface area contributed by atoms with Crippen molar-refractivity contribution in [2.45, 2.75) is 0 Å². The van der Waals surface area contributed by atoms with Crippen LogP contribution in [0.1, 0.15) is 0 Å². The number of rotatable bonds is 2. The van der Waals surface area contributed by atoms with Gasteiger partial charge in [0.1, 0.15) is 16.5 Å². The monoisotopic (exact) mass is 364 g/mol. The lowest BCUT2D eigenvalue weighted by Gasteiger charge is -2.27. The molecule has 0 bridgehead atoms. The van der Waals surface area contributed by atoms with E-state index in [0.717, 1.165) is 52.6 Å². The molecule has 1 aliphatic heterocycles. The van der Waals surface area contributed by atoms with E-state index in [4.69, 9.17) is 4.74 Å². The number of nitrogens with zero attached hydrogens (tertiary/aromatic N) is 3. The highest BCUT2D eigenvalue weighted by molar-refractivity contribution is 7.25. The second-order valence-corrected chi connectivity index (χ2v) is 7.23. The number of fused-ring (bicyclic) bond motifs is 3. The van der Waals surface area contributed by atoms with Crippen LogP contribution in [-0.2, 0) is 4.74 Å². The van der Waals surface area contributed by atoms with Gasteiger partial charge < -0.3 is 14.6 Å². The molecule has 26 heavy (non-hydrogen) atoms. The van der Waals surface area contributed by atoms with E-state index < -0.39 is 0 Å². The molecule has 1 aliphatic rings. The Morgan fingerprint density at radius 2 is 1.96 bits per heavy atom. The molecule has 0 radical (unpaired) electrons. The zero-order valence-electron chi connectivity index (χ0n) is 13.9. The van der Waals surface area contributed by atoms with E-state index in [1.54, 1.807) is 6.20 Å². The molecular weight excluding hydrogens is 348 g/mol. The third kappa shape index (κ3) is 2.56. The molecule has 4 aromatic rings. The minimum Gasteiger partial charge on any atom is -0.378 e. The molecule has 6 nitrogen and oxygen atoms in total. The summed E-state index contributed by atoms with van der Waals surface area (Å²) in [5, 5.41) is 1.61. The van der Waals surface area contributed by atoms with Gasteiger partial charge in [0, 0.05) is 34.9 Å². The average Bonchev–Trinajstić information content (AvgIpc) is 3.08. The van der Waals surface area contributed by atoms with Crippen molar-refractivity contribution in [2.24, 2.45) is 0 Å². The van der Waals surface area contributed by atoms with Gasteiger partial charge in [0.2, 0.25) is 0 Å². The van der Waals surface area contributed by atoms with Gasteiger partial charge >= 0.3 is 0 Å². The summed E-state index contributed by atoms with van der Waals surface area (Å²) < 4.78 is 6.44. The van der Waals surface area contributed by atoms with Crippen molar-refractivity contribution in [2.75, 3.05) is 31.2 Å². The van der Waals surface area contributed by atoms with Crippen molar-refractivity contribution in [1.29, 1.82) is 0 Å². The van der Waals surface area contributed by atoms with Crippen molar-refractivity contribution in [3.05, 3.63) is 52.9 Å². The van der Waals surface area contributed by atoms with E-state index >= 15 is 0 Å². The number of aromatic nitrogens is 3. The third-order valence-electron chi connectivity index (χ3n) is 4.61. The number of nitrogens with one attached hydrogen (secondary N) is 1. The van der Waals surface area contributed by atoms with E-state index in [1.165, 1.54) is 11.3 Å². The largest absolute Gasteiger partial charge is 0.378 e. The van der Waals surface area contributed by atoms with Gasteiger partial charge in [-0.2, -0.15) is 0 Å². The Balaban J connectivity index is 1.56. The zero-order valence-corrected chi connectivity index (χ0v) is 14.8. The van der Waals surface area contributed by atoms with Gasteiger partial charge in [-0.15, -0.1) is 11.3 Å². The predicted octanol–water partition coefficient (Wildman–Crippen LogP) is 3.04. The number of hydrogen-bond acceptors (Lipinski definition) is 6. The summed E-state index contributed by atoms with van der Waals surface area (Å²) in [6.07, 6.45) is 1.77. The maximum atomic E-state index is 12.6. The Kier molecular flexibility index (Phi) is 3.69. The number of hydrogen-bond donors (Lipinski definition) is 1. The standard InChI is InChI=1S/C19H16N4O2S/c24-18-16-13-3-1-2-4-14(13)26-19(16)22-17(21-18)12-5-6-15(20-11-12)23-7-9-25-10-8-23/h1-6,11H,7-10H2,(H,21,22,24). The molecule has 0 saturated carbocycles. The van der Waals surface area contributed by atoms with Crippen LogP contribution >= 0.6 is 11.3 Å². The Morgan fingerprint density at radius 1 is 1.12 bits per heavy atom. The van der Waals surface area contributed by atoms with Gasteiger partial charge in [0.25, 0.3) is 5.56 Å². The van der Waals surface area contributed by atoms with Crippen LogP contribution in [0.25, 0.3) is 31.7 Å². The number of H-pyrrole nitrogens is 1. The second kappa shape index (κ2) is 6.19. The number of thiophene rings is 1. The number of morpholine rings is 1. The van der Waals surface area contributed by atoms with Crippen molar-refractivity contribution in [1.82, 2.24) is 15.0 Å². The number of aromatic amines is 1. The van der Waals surface area contributed by atoms with Crippen LogP contribution < -0.4 is 10.5 Å². The number of pyridine rings is 1. The summed E-state index contributed by atoms with van der Waals surface area (Å²) in [6, 6.07) is 11.8. The minimum absolute atomic E-state index is 0.111. The number of anilines is 1. The maximum absolute atomic E-state index is 12.6. The summed E-state index contributed by atoms with van der Waals surface area (Å²) in [5.74, 6) is 1.47. The third-order valence-corrected chi connectivity index (χ3v) is 5.67. The van der Waals surface area contributed by atoms with Gasteiger partial charge in [0.15, 0.2) is 0 Å². The molecule has 0 aliphatic carbocycles. The van der Waals surface area contributed by atoms with Gasteiger partial charge in [-0.1, -0.05) is 18.2 Å². The first-order valence-electron chi connectivity index (χ1n) is 8.50. The van der Waals surface area contributed by atoms with Gasteiger partial charge in [0.05, 0.1) is 18.6 Å². The lowest BCUT2D eigenvalue weighted by atomic mass is 10.2.